The van der Waals surface area contributed by atoms with Crippen molar-refractivity contribution in [1.82, 2.24) is 5.43 Å². The van der Waals surface area contributed by atoms with Crippen molar-refractivity contribution < 1.29 is 43.4 Å². The van der Waals surface area contributed by atoms with Crippen LogP contribution in [0.3, 0.4) is 0 Å². The van der Waals surface area contributed by atoms with Crippen LogP contribution in [-0.2, 0) is 25.6 Å². The first kappa shape index (κ1) is 30.7. The number of carboxylic acids is 1. The van der Waals surface area contributed by atoms with Crippen molar-refractivity contribution in [2.75, 3.05) is 0 Å². The van der Waals surface area contributed by atoms with E-state index in [4.69, 9.17) is 15.2 Å². The van der Waals surface area contributed by atoms with Gasteiger partial charge >= 0.3 is 13.1 Å². The van der Waals surface area contributed by atoms with E-state index in [9.17, 15) is 29.6 Å². The molecule has 0 saturated heterocycles. The minimum absolute atomic E-state index is 0.0112. The van der Waals surface area contributed by atoms with Crippen molar-refractivity contribution in [3.63, 3.8) is 0 Å². The number of aliphatic carboxylic acids is 1. The Kier molecular flexibility index (Phi) is 7.83. The number of carboxylic acid groups (broad SMARTS) is 1. The molecule has 0 aromatic heterocycles. The molecule has 2 bridgehead atoms. The van der Waals surface area contributed by atoms with Gasteiger partial charge in [-0.1, -0.05) is 39.8 Å². The predicted octanol–water partition coefficient (Wildman–Crippen LogP) is 1.85. The molecular formula is C30H40BFN2O8. The Balaban J connectivity index is 1.69. The zero-order chi connectivity index (χ0) is 30.8. The van der Waals surface area contributed by atoms with Crippen LogP contribution in [0.5, 0.6) is 5.75 Å². The zero-order valence-corrected chi connectivity index (χ0v) is 24.4. The number of carbonyl (C=O) groups excluding carboxylic acids is 2. The number of Topliss-reactive ketones (excluding diaryl/α,β-unsaturated/α-hetero) is 1. The number of ketones is 1. The van der Waals surface area contributed by atoms with Crippen LogP contribution in [0.25, 0.3) is 0 Å². The number of rotatable bonds is 6. The van der Waals surface area contributed by atoms with Crippen LogP contribution in [-0.4, -0.2) is 52.2 Å². The molecule has 10 nitrogen and oxygen atoms in total. The summed E-state index contributed by atoms with van der Waals surface area (Å²) in [5.74, 6) is 0.300. The van der Waals surface area contributed by atoms with E-state index < -0.39 is 65.1 Å². The van der Waals surface area contributed by atoms with E-state index >= 15 is 4.39 Å². The fraction of sp³-hybridized carbons (Fsp3) is 0.633. The number of aliphatic hydroxyl groups is 1. The van der Waals surface area contributed by atoms with E-state index in [1.54, 1.807) is 13.0 Å². The third kappa shape index (κ3) is 4.49. The molecule has 3 fully saturated rings. The van der Waals surface area contributed by atoms with Crippen LogP contribution in [0, 0.1) is 45.7 Å². The maximum absolute atomic E-state index is 15.7. The lowest BCUT2D eigenvalue weighted by atomic mass is 9.41. The average Bonchev–Trinajstić information content (AvgIpc) is 3.51. The zero-order valence-electron chi connectivity index (χ0n) is 24.4. The summed E-state index contributed by atoms with van der Waals surface area (Å²) in [4.78, 5) is 39.0. The van der Waals surface area contributed by atoms with Gasteiger partial charge in [0.2, 0.25) is 0 Å². The molecule has 12 heteroatoms. The number of hydrogen-bond acceptors (Lipinski definition) is 8. The number of carbonyl (C=O) groups is 3. The monoisotopic (exact) mass is 586 g/mol. The summed E-state index contributed by atoms with van der Waals surface area (Å²) >= 11 is 0. The molecular weight excluding hydrogens is 546 g/mol. The number of nitrogens with one attached hydrogen (secondary N) is 1. The lowest BCUT2D eigenvalue weighted by Crippen LogP contribution is -2.63. The Hall–Kier alpha value is -2.80. The standard InChI is InChI=1S/C30H40BFN2O8/c1-15-7-11-30-12-8-19(35)25(30)29(15,4)18(13-28(3,26(37)16(30)2)10-9-21(36)34-33)24(27(38)39)42-20-6-5-17-14-41-31(40)22(17)23(20)32/h5-6,9-10,15-16,18,24-26,37,40H,7-8,11-14,33H2,1-4H3,(H,34,36)(H,38,39)/b10-9+/t15-,16+,18+,24?,25+,26+,28-,29-,30+/m1/s1. The van der Waals surface area contributed by atoms with Gasteiger partial charge in [0.05, 0.1) is 12.7 Å². The lowest BCUT2D eigenvalue weighted by Gasteiger charge is -2.63. The smallest absolute Gasteiger partial charge is 0.478 e. The first-order valence-corrected chi connectivity index (χ1v) is 14.6. The molecule has 1 amide bonds. The third-order valence-corrected chi connectivity index (χ3v) is 11.5. The molecule has 1 unspecified atom stereocenters. The van der Waals surface area contributed by atoms with Gasteiger partial charge in [-0.3, -0.25) is 15.0 Å². The van der Waals surface area contributed by atoms with Crippen molar-refractivity contribution in [2.45, 2.75) is 78.6 Å². The molecule has 1 aromatic carbocycles. The highest BCUT2D eigenvalue weighted by atomic mass is 19.1. The molecule has 1 aliphatic heterocycles. The Morgan fingerprint density at radius 3 is 2.67 bits per heavy atom. The van der Waals surface area contributed by atoms with Crippen LogP contribution in [0.2, 0.25) is 0 Å². The number of amides is 1. The molecule has 42 heavy (non-hydrogen) atoms. The van der Waals surface area contributed by atoms with Crippen LogP contribution in [0.15, 0.2) is 24.3 Å². The lowest BCUT2D eigenvalue weighted by molar-refractivity contribution is -0.193. The normalized spacial score (nSPS) is 38.4. The van der Waals surface area contributed by atoms with Gasteiger partial charge in [-0.15, -0.1) is 0 Å². The largest absolute Gasteiger partial charge is 0.494 e. The fourth-order valence-corrected chi connectivity index (χ4v) is 8.98. The van der Waals surface area contributed by atoms with E-state index in [2.05, 4.69) is 0 Å². The van der Waals surface area contributed by atoms with Gasteiger partial charge in [-0.2, -0.15) is 0 Å². The second-order valence-electron chi connectivity index (χ2n) is 13.3. The van der Waals surface area contributed by atoms with Gasteiger partial charge in [0, 0.05) is 35.2 Å². The topological polar surface area (TPSA) is 168 Å². The third-order valence-electron chi connectivity index (χ3n) is 11.5. The Morgan fingerprint density at radius 1 is 1.29 bits per heavy atom. The number of aliphatic hydroxyl groups excluding tert-OH is 1. The van der Waals surface area contributed by atoms with Gasteiger partial charge in [0.25, 0.3) is 5.91 Å². The van der Waals surface area contributed by atoms with Gasteiger partial charge in [0.15, 0.2) is 17.7 Å². The summed E-state index contributed by atoms with van der Waals surface area (Å²) in [6, 6.07) is 2.86. The van der Waals surface area contributed by atoms with E-state index in [0.29, 0.717) is 24.8 Å². The number of benzene rings is 1. The minimum atomic E-state index is -1.62. The van der Waals surface area contributed by atoms with Crippen LogP contribution in [0.4, 0.5) is 4.39 Å². The number of ether oxygens (including phenoxy) is 1. The first-order valence-electron chi connectivity index (χ1n) is 14.6. The molecule has 5 rings (SSSR count). The van der Waals surface area contributed by atoms with Crippen molar-refractivity contribution in [3.05, 3.63) is 35.7 Å². The highest BCUT2D eigenvalue weighted by Gasteiger charge is 2.69. The first-order chi connectivity index (χ1) is 19.7. The van der Waals surface area contributed by atoms with E-state index in [1.807, 2.05) is 26.2 Å². The summed E-state index contributed by atoms with van der Waals surface area (Å²) < 4.78 is 26.8. The highest BCUT2D eigenvalue weighted by Crippen LogP contribution is 2.69. The molecule has 0 radical (unpaired) electrons. The molecule has 4 aliphatic rings. The second-order valence-corrected chi connectivity index (χ2v) is 13.3. The summed E-state index contributed by atoms with van der Waals surface area (Å²) in [5.41, 5.74) is -0.221. The molecule has 228 valence electrons. The van der Waals surface area contributed by atoms with Crippen molar-refractivity contribution in [3.8, 4) is 5.75 Å². The Labute approximate surface area is 244 Å². The van der Waals surface area contributed by atoms with Crippen molar-refractivity contribution in [1.29, 1.82) is 0 Å². The summed E-state index contributed by atoms with van der Waals surface area (Å²) in [5, 5.41) is 32.8. The number of nitrogens with two attached hydrogens (primary N) is 1. The van der Waals surface area contributed by atoms with Gasteiger partial charge in [0.1, 0.15) is 5.78 Å². The fourth-order valence-electron chi connectivity index (χ4n) is 8.98. The molecule has 0 spiro atoms. The van der Waals surface area contributed by atoms with Gasteiger partial charge in [-0.25, -0.2) is 15.0 Å². The summed E-state index contributed by atoms with van der Waals surface area (Å²) in [7, 11) is -1.50. The van der Waals surface area contributed by atoms with E-state index in [0.717, 1.165) is 6.42 Å². The molecule has 6 N–H and O–H groups in total. The summed E-state index contributed by atoms with van der Waals surface area (Å²) in [6.07, 6.45) is 2.48. The highest BCUT2D eigenvalue weighted by molar-refractivity contribution is 6.61. The SMILES string of the molecule is C[C@@H]1CC[C@@]23CCC(=O)[C@H]2[C@@]1(C)[C@H](C(Oc1ccc2c(c1F)B(O)OC2)C(=O)O)C[C@@](C)(/C=C/C(=O)NN)[C@@H](O)[C@@H]3C. The number of hydrogen-bond donors (Lipinski definition) is 5. The van der Waals surface area contributed by atoms with E-state index in [-0.39, 0.29) is 41.9 Å². The van der Waals surface area contributed by atoms with Gasteiger partial charge in [-0.05, 0) is 60.0 Å². The average molecular weight is 586 g/mol. The quantitative estimate of drug-likeness (QED) is 0.110. The molecule has 9 atom stereocenters. The van der Waals surface area contributed by atoms with Crippen molar-refractivity contribution >= 4 is 30.2 Å². The summed E-state index contributed by atoms with van der Waals surface area (Å²) in [6.45, 7) is 7.68. The molecule has 1 aromatic rings. The minimum Gasteiger partial charge on any atom is -0.478 e. The number of fused-ring (bicyclic) bond motifs is 1. The number of hydrazine groups is 1. The van der Waals surface area contributed by atoms with Crippen LogP contribution in [0.1, 0.15) is 65.4 Å². The number of halogens is 1. The Bertz CT molecular complexity index is 1330. The molecule has 3 saturated carbocycles. The van der Waals surface area contributed by atoms with E-state index in [1.165, 1.54) is 18.2 Å². The maximum atomic E-state index is 15.7. The van der Waals surface area contributed by atoms with Crippen LogP contribution < -0.4 is 21.5 Å². The predicted molar refractivity (Wildman–Crippen MR) is 150 cm³/mol. The second kappa shape index (κ2) is 10.7. The molecule has 1 heterocycles. The van der Waals surface area contributed by atoms with Gasteiger partial charge < -0.3 is 24.6 Å². The molecule has 3 aliphatic carbocycles. The Morgan fingerprint density at radius 2 is 2.00 bits per heavy atom. The van der Waals surface area contributed by atoms with Crippen molar-refractivity contribution in [2.24, 2.45) is 45.8 Å². The van der Waals surface area contributed by atoms with Crippen LogP contribution >= 0.6 is 0 Å². The maximum Gasteiger partial charge on any atom is 0.494 e.